The molecule has 6 unspecified atom stereocenters. The third-order valence-electron chi connectivity index (χ3n) is 11.1. The van der Waals surface area contributed by atoms with Gasteiger partial charge in [0.2, 0.25) is 0 Å². The van der Waals surface area contributed by atoms with E-state index in [2.05, 4.69) is 20.8 Å². The van der Waals surface area contributed by atoms with Crippen molar-refractivity contribution in [3.8, 4) is 0 Å². The van der Waals surface area contributed by atoms with Gasteiger partial charge in [0, 0.05) is 29.1 Å². The summed E-state index contributed by atoms with van der Waals surface area (Å²) >= 11 is 0. The zero-order chi connectivity index (χ0) is 20.8. The minimum atomic E-state index is -0.497. The molecule has 0 radical (unpaired) electrons. The molecule has 168 valence electrons. The molecule has 2 heterocycles. The third-order valence-corrected chi connectivity index (χ3v) is 11.1. The lowest BCUT2D eigenvalue weighted by molar-refractivity contribution is -0.301. The number of fused-ring (bicyclic) bond motifs is 6. The molecule has 0 aromatic rings. The SMILES string of the molecule is CC1(C)C2CCC3C(CCC4(C)C3CCC43OCCO3)C2(C=O)CCC12OCCO2. The zero-order valence-corrected chi connectivity index (χ0v) is 18.9. The smallest absolute Gasteiger partial charge is 0.174 e. The molecule has 0 aromatic carbocycles. The maximum Gasteiger partial charge on any atom is 0.174 e. The molecular weight excluding hydrogens is 380 g/mol. The van der Waals surface area contributed by atoms with E-state index < -0.39 is 5.79 Å². The number of rotatable bonds is 1. The quantitative estimate of drug-likeness (QED) is 0.593. The number of carbonyl (C=O) groups excluding carboxylic acids is 1. The van der Waals surface area contributed by atoms with Crippen molar-refractivity contribution in [1.29, 1.82) is 0 Å². The second kappa shape index (κ2) is 6.30. The summed E-state index contributed by atoms with van der Waals surface area (Å²) in [4.78, 5) is 13.0. The van der Waals surface area contributed by atoms with E-state index >= 15 is 0 Å². The number of aldehydes is 1. The number of carbonyl (C=O) groups is 1. The molecule has 6 fully saturated rings. The van der Waals surface area contributed by atoms with Crippen LogP contribution in [0.5, 0.6) is 0 Å². The lowest BCUT2D eigenvalue weighted by Gasteiger charge is -2.65. The molecule has 30 heavy (non-hydrogen) atoms. The number of hydrogen-bond donors (Lipinski definition) is 0. The molecule has 6 rings (SSSR count). The van der Waals surface area contributed by atoms with E-state index in [9.17, 15) is 4.79 Å². The highest BCUT2D eigenvalue weighted by molar-refractivity contribution is 5.62. The topological polar surface area (TPSA) is 54.0 Å². The van der Waals surface area contributed by atoms with Gasteiger partial charge >= 0.3 is 0 Å². The summed E-state index contributed by atoms with van der Waals surface area (Å²) < 4.78 is 25.1. The van der Waals surface area contributed by atoms with Crippen molar-refractivity contribution < 1.29 is 23.7 Å². The van der Waals surface area contributed by atoms with Crippen LogP contribution in [0.25, 0.3) is 0 Å². The highest BCUT2D eigenvalue weighted by atomic mass is 16.7. The molecule has 6 atom stereocenters. The Labute approximate surface area is 180 Å². The Morgan fingerprint density at radius 1 is 0.700 bits per heavy atom. The predicted molar refractivity (Wildman–Crippen MR) is 111 cm³/mol. The van der Waals surface area contributed by atoms with Crippen LogP contribution >= 0.6 is 0 Å². The molecular formula is C25H38O5. The number of hydrogen-bond acceptors (Lipinski definition) is 5. The Kier molecular flexibility index (Phi) is 4.23. The lowest BCUT2D eigenvalue weighted by Crippen LogP contribution is -2.65. The van der Waals surface area contributed by atoms with Gasteiger partial charge in [0.15, 0.2) is 11.6 Å². The van der Waals surface area contributed by atoms with E-state index in [0.29, 0.717) is 36.9 Å². The molecule has 0 aromatic heterocycles. The predicted octanol–water partition coefficient (Wildman–Crippen LogP) is 4.33. The minimum Gasteiger partial charge on any atom is -0.347 e. The van der Waals surface area contributed by atoms with Crippen LogP contribution in [-0.4, -0.2) is 44.3 Å². The summed E-state index contributed by atoms with van der Waals surface area (Å²) in [6.07, 6.45) is 9.87. The maximum atomic E-state index is 13.0. The normalized spacial score (nSPS) is 50.2. The Morgan fingerprint density at radius 3 is 2.00 bits per heavy atom. The molecule has 6 aliphatic rings. The fourth-order valence-electron chi connectivity index (χ4n) is 9.69. The van der Waals surface area contributed by atoms with Crippen molar-refractivity contribution in [3.05, 3.63) is 0 Å². The highest BCUT2D eigenvalue weighted by Crippen LogP contribution is 2.72. The Balaban J connectivity index is 1.35. The van der Waals surface area contributed by atoms with Gasteiger partial charge in [0.05, 0.1) is 26.4 Å². The van der Waals surface area contributed by atoms with E-state index in [1.54, 1.807) is 0 Å². The van der Waals surface area contributed by atoms with Crippen molar-refractivity contribution >= 4 is 6.29 Å². The Bertz CT molecular complexity index is 721. The maximum absolute atomic E-state index is 13.0. The second-order valence-corrected chi connectivity index (χ2v) is 11.9. The van der Waals surface area contributed by atoms with Gasteiger partial charge in [-0.2, -0.15) is 0 Å². The second-order valence-electron chi connectivity index (χ2n) is 11.9. The van der Waals surface area contributed by atoms with Gasteiger partial charge in [0.1, 0.15) is 6.29 Å². The standard InChI is InChI=1S/C25H38O5/c1-21(2)20-5-4-17-18-7-9-25(29-14-15-30-25)22(18,3)8-6-19(17)23(20,16-26)10-11-24(21)27-12-13-28-24/h16-20H,4-15H2,1-3H3. The van der Waals surface area contributed by atoms with E-state index in [4.69, 9.17) is 18.9 Å². The van der Waals surface area contributed by atoms with Crippen LogP contribution in [0.3, 0.4) is 0 Å². The van der Waals surface area contributed by atoms with Gasteiger partial charge in [-0.1, -0.05) is 20.8 Å². The fraction of sp³-hybridized carbons (Fsp3) is 0.960. The summed E-state index contributed by atoms with van der Waals surface area (Å²) in [6, 6.07) is 0. The molecule has 0 N–H and O–H groups in total. The first-order chi connectivity index (χ1) is 14.3. The average Bonchev–Trinajstić information content (AvgIpc) is 3.47. The minimum absolute atomic E-state index is 0.0880. The molecule has 4 aliphatic carbocycles. The van der Waals surface area contributed by atoms with Gasteiger partial charge in [0.25, 0.3) is 0 Å². The average molecular weight is 419 g/mol. The summed E-state index contributed by atoms with van der Waals surface area (Å²) in [5.74, 6) is 1.15. The number of ether oxygens (including phenoxy) is 4. The van der Waals surface area contributed by atoms with Crippen LogP contribution in [-0.2, 0) is 23.7 Å². The van der Waals surface area contributed by atoms with Gasteiger partial charge in [-0.05, 0) is 62.2 Å². The Morgan fingerprint density at radius 2 is 1.33 bits per heavy atom. The van der Waals surface area contributed by atoms with Gasteiger partial charge in [-0.15, -0.1) is 0 Å². The Hall–Kier alpha value is -0.490. The van der Waals surface area contributed by atoms with Crippen molar-refractivity contribution in [2.75, 3.05) is 26.4 Å². The first kappa shape index (κ1) is 20.1. The molecule has 0 bridgehead atoms. The van der Waals surface area contributed by atoms with Crippen molar-refractivity contribution in [1.82, 2.24) is 0 Å². The summed E-state index contributed by atoms with van der Waals surface area (Å²) in [6.45, 7) is 9.85. The van der Waals surface area contributed by atoms with E-state index in [1.807, 2.05) is 0 Å². The van der Waals surface area contributed by atoms with Gasteiger partial charge in [-0.25, -0.2) is 0 Å². The first-order valence-corrected chi connectivity index (χ1v) is 12.4. The first-order valence-electron chi connectivity index (χ1n) is 12.4. The summed E-state index contributed by atoms with van der Waals surface area (Å²) in [5, 5.41) is 0. The van der Waals surface area contributed by atoms with Crippen molar-refractivity contribution in [2.45, 2.75) is 83.7 Å². The molecule has 4 saturated carbocycles. The molecule has 2 spiro atoms. The third kappa shape index (κ3) is 2.16. The highest BCUT2D eigenvalue weighted by Gasteiger charge is 2.71. The van der Waals surface area contributed by atoms with Crippen molar-refractivity contribution in [2.24, 2.45) is 39.9 Å². The van der Waals surface area contributed by atoms with Crippen molar-refractivity contribution in [3.63, 3.8) is 0 Å². The van der Waals surface area contributed by atoms with Crippen LogP contribution < -0.4 is 0 Å². The monoisotopic (exact) mass is 418 g/mol. The summed E-state index contributed by atoms with van der Waals surface area (Å²) in [5.41, 5.74) is -0.297. The molecule has 5 nitrogen and oxygen atoms in total. The fourth-order valence-corrected chi connectivity index (χ4v) is 9.69. The van der Waals surface area contributed by atoms with Crippen LogP contribution in [0.2, 0.25) is 0 Å². The largest absolute Gasteiger partial charge is 0.347 e. The van der Waals surface area contributed by atoms with Crippen LogP contribution in [0.4, 0.5) is 0 Å². The van der Waals surface area contributed by atoms with E-state index in [0.717, 1.165) is 51.7 Å². The van der Waals surface area contributed by atoms with E-state index in [-0.39, 0.29) is 22.0 Å². The van der Waals surface area contributed by atoms with Gasteiger partial charge < -0.3 is 23.7 Å². The van der Waals surface area contributed by atoms with Crippen LogP contribution in [0.15, 0.2) is 0 Å². The van der Waals surface area contributed by atoms with Crippen LogP contribution in [0, 0.1) is 39.9 Å². The van der Waals surface area contributed by atoms with E-state index in [1.165, 1.54) is 19.1 Å². The molecule has 2 aliphatic heterocycles. The zero-order valence-electron chi connectivity index (χ0n) is 18.9. The molecule has 5 heteroatoms. The summed E-state index contributed by atoms with van der Waals surface area (Å²) in [7, 11) is 0. The lowest BCUT2D eigenvalue weighted by atomic mass is 9.40. The molecule has 2 saturated heterocycles. The van der Waals surface area contributed by atoms with Crippen LogP contribution in [0.1, 0.15) is 72.1 Å². The molecule has 0 amide bonds. The van der Waals surface area contributed by atoms with Gasteiger partial charge in [-0.3, -0.25) is 0 Å².